The Morgan fingerprint density at radius 1 is 1.44 bits per heavy atom. The molecule has 16 heavy (non-hydrogen) atoms. The highest BCUT2D eigenvalue weighted by molar-refractivity contribution is 6.28. The Hall–Kier alpha value is -1.03. The molecule has 0 amide bonds. The standard InChI is InChI=1S/C11H14ClN3O/c1-15-9-8(6-13-10(12)14-9)16-7-11(15)4-2-3-5-11/h6H,2-5,7H2,1H3. The number of likely N-dealkylation sites (N-methyl/N-ethyl adjacent to an activating group) is 1. The summed E-state index contributed by atoms with van der Waals surface area (Å²) >= 11 is 5.83. The van der Waals surface area contributed by atoms with Gasteiger partial charge in [0.05, 0.1) is 11.7 Å². The zero-order chi connectivity index (χ0) is 11.2. The van der Waals surface area contributed by atoms with Gasteiger partial charge in [-0.1, -0.05) is 12.8 Å². The van der Waals surface area contributed by atoms with E-state index in [0.717, 1.165) is 18.2 Å². The van der Waals surface area contributed by atoms with Crippen LogP contribution in [0.3, 0.4) is 0 Å². The lowest BCUT2D eigenvalue weighted by molar-refractivity contribution is 0.192. The van der Waals surface area contributed by atoms with Crippen molar-refractivity contribution >= 4 is 17.4 Å². The van der Waals surface area contributed by atoms with Gasteiger partial charge in [0.1, 0.15) is 6.61 Å². The highest BCUT2D eigenvalue weighted by Gasteiger charge is 2.43. The predicted molar refractivity (Wildman–Crippen MR) is 62.1 cm³/mol. The van der Waals surface area contributed by atoms with Gasteiger partial charge in [-0.2, -0.15) is 4.98 Å². The fraction of sp³-hybridized carbons (Fsp3) is 0.636. The minimum Gasteiger partial charge on any atom is -0.486 e. The van der Waals surface area contributed by atoms with Crippen LogP contribution in [-0.4, -0.2) is 29.2 Å². The molecular weight excluding hydrogens is 226 g/mol. The van der Waals surface area contributed by atoms with E-state index in [4.69, 9.17) is 16.3 Å². The SMILES string of the molecule is CN1c2nc(Cl)ncc2OCC12CCCC2. The molecule has 1 fully saturated rings. The Morgan fingerprint density at radius 2 is 2.19 bits per heavy atom. The molecule has 0 bridgehead atoms. The van der Waals surface area contributed by atoms with Crippen molar-refractivity contribution in [3.8, 4) is 5.75 Å². The molecule has 0 saturated heterocycles. The largest absolute Gasteiger partial charge is 0.486 e. The number of nitrogens with zero attached hydrogens (tertiary/aromatic N) is 3. The number of hydrogen-bond donors (Lipinski definition) is 0. The Kier molecular flexibility index (Phi) is 2.21. The summed E-state index contributed by atoms with van der Waals surface area (Å²) in [5.41, 5.74) is 0.130. The van der Waals surface area contributed by atoms with Gasteiger partial charge < -0.3 is 9.64 Å². The number of halogens is 1. The van der Waals surface area contributed by atoms with E-state index in [1.165, 1.54) is 25.7 Å². The van der Waals surface area contributed by atoms with E-state index in [1.54, 1.807) is 6.20 Å². The Bertz CT molecular complexity index is 418. The van der Waals surface area contributed by atoms with Gasteiger partial charge in [-0.15, -0.1) is 0 Å². The van der Waals surface area contributed by atoms with Crippen LogP contribution in [0.25, 0.3) is 0 Å². The second kappa shape index (κ2) is 3.48. The van der Waals surface area contributed by atoms with E-state index in [-0.39, 0.29) is 10.8 Å². The van der Waals surface area contributed by atoms with Gasteiger partial charge >= 0.3 is 0 Å². The summed E-state index contributed by atoms with van der Waals surface area (Å²) in [5.74, 6) is 1.57. The summed E-state index contributed by atoms with van der Waals surface area (Å²) in [5, 5.41) is 0.282. The molecule has 0 aromatic carbocycles. The molecule has 0 radical (unpaired) electrons. The fourth-order valence-electron chi connectivity index (χ4n) is 2.73. The van der Waals surface area contributed by atoms with Gasteiger partial charge in [0.2, 0.25) is 5.28 Å². The van der Waals surface area contributed by atoms with Crippen LogP contribution >= 0.6 is 11.6 Å². The molecule has 1 aromatic heterocycles. The summed E-state index contributed by atoms with van der Waals surface area (Å²) in [6, 6.07) is 0. The van der Waals surface area contributed by atoms with Crippen molar-refractivity contribution in [1.82, 2.24) is 9.97 Å². The van der Waals surface area contributed by atoms with Crippen LogP contribution in [0, 0.1) is 0 Å². The number of fused-ring (bicyclic) bond motifs is 1. The molecule has 4 nitrogen and oxygen atoms in total. The lowest BCUT2D eigenvalue weighted by Gasteiger charge is -2.43. The minimum atomic E-state index is 0.130. The minimum absolute atomic E-state index is 0.130. The van der Waals surface area contributed by atoms with Crippen molar-refractivity contribution in [3.05, 3.63) is 11.5 Å². The van der Waals surface area contributed by atoms with Crippen molar-refractivity contribution in [1.29, 1.82) is 0 Å². The zero-order valence-corrected chi connectivity index (χ0v) is 10.00. The van der Waals surface area contributed by atoms with E-state index in [1.807, 2.05) is 0 Å². The zero-order valence-electron chi connectivity index (χ0n) is 9.24. The number of ether oxygens (including phenoxy) is 1. The molecule has 2 heterocycles. The molecule has 5 heteroatoms. The first-order valence-electron chi connectivity index (χ1n) is 5.60. The molecule has 1 aliphatic carbocycles. The summed E-state index contributed by atoms with van der Waals surface area (Å²) < 4.78 is 5.76. The molecule has 1 spiro atoms. The smallest absolute Gasteiger partial charge is 0.224 e. The van der Waals surface area contributed by atoms with Crippen molar-refractivity contribution in [3.63, 3.8) is 0 Å². The highest BCUT2D eigenvalue weighted by Crippen LogP contribution is 2.43. The summed E-state index contributed by atoms with van der Waals surface area (Å²) in [4.78, 5) is 10.4. The predicted octanol–water partition coefficient (Wildman–Crippen LogP) is 2.27. The number of hydrogen-bond acceptors (Lipinski definition) is 4. The molecule has 1 aliphatic heterocycles. The quantitative estimate of drug-likeness (QED) is 0.651. The summed E-state index contributed by atoms with van der Waals surface area (Å²) in [6.45, 7) is 0.738. The average molecular weight is 240 g/mol. The van der Waals surface area contributed by atoms with Crippen LogP contribution in [-0.2, 0) is 0 Å². The van der Waals surface area contributed by atoms with E-state index < -0.39 is 0 Å². The second-order valence-corrected chi connectivity index (χ2v) is 4.94. The third-order valence-electron chi connectivity index (χ3n) is 3.77. The van der Waals surface area contributed by atoms with Crippen molar-refractivity contribution < 1.29 is 4.74 Å². The summed E-state index contributed by atoms with van der Waals surface area (Å²) in [6.07, 6.45) is 6.53. The first kappa shape index (κ1) is 10.1. The number of aromatic nitrogens is 2. The number of rotatable bonds is 0. The maximum absolute atomic E-state index is 5.83. The van der Waals surface area contributed by atoms with Gasteiger partial charge in [0.15, 0.2) is 11.6 Å². The van der Waals surface area contributed by atoms with Crippen LogP contribution < -0.4 is 9.64 Å². The Morgan fingerprint density at radius 3 is 2.94 bits per heavy atom. The first-order valence-corrected chi connectivity index (χ1v) is 5.98. The molecule has 0 unspecified atom stereocenters. The van der Waals surface area contributed by atoms with Crippen LogP contribution in [0.5, 0.6) is 5.75 Å². The molecule has 3 rings (SSSR count). The highest BCUT2D eigenvalue weighted by atomic mass is 35.5. The van der Waals surface area contributed by atoms with Gasteiger partial charge in [-0.25, -0.2) is 4.98 Å². The molecule has 1 saturated carbocycles. The van der Waals surface area contributed by atoms with Crippen LogP contribution in [0.15, 0.2) is 6.20 Å². The third kappa shape index (κ3) is 1.36. The second-order valence-electron chi connectivity index (χ2n) is 4.61. The van der Waals surface area contributed by atoms with Gasteiger partial charge in [0.25, 0.3) is 0 Å². The normalized spacial score (nSPS) is 22.0. The van der Waals surface area contributed by atoms with Gasteiger partial charge in [0, 0.05) is 7.05 Å². The molecular formula is C11H14ClN3O. The Balaban J connectivity index is 2.03. The maximum atomic E-state index is 5.83. The van der Waals surface area contributed by atoms with Crippen molar-refractivity contribution in [2.24, 2.45) is 0 Å². The lowest BCUT2D eigenvalue weighted by atomic mass is 9.95. The molecule has 1 aromatic rings. The molecule has 86 valence electrons. The lowest BCUT2D eigenvalue weighted by Crippen LogP contribution is -2.52. The van der Waals surface area contributed by atoms with E-state index in [2.05, 4.69) is 21.9 Å². The average Bonchev–Trinajstić information content (AvgIpc) is 2.75. The van der Waals surface area contributed by atoms with E-state index >= 15 is 0 Å². The first-order chi connectivity index (χ1) is 7.71. The maximum Gasteiger partial charge on any atom is 0.224 e. The van der Waals surface area contributed by atoms with Gasteiger partial charge in [-0.05, 0) is 24.4 Å². The van der Waals surface area contributed by atoms with Crippen LogP contribution in [0.1, 0.15) is 25.7 Å². The molecule has 0 N–H and O–H groups in total. The molecule has 2 aliphatic rings. The molecule has 0 atom stereocenters. The fourth-order valence-corrected chi connectivity index (χ4v) is 2.86. The third-order valence-corrected chi connectivity index (χ3v) is 3.95. The topological polar surface area (TPSA) is 38.2 Å². The monoisotopic (exact) mass is 239 g/mol. The number of anilines is 1. The van der Waals surface area contributed by atoms with Crippen LogP contribution in [0.2, 0.25) is 5.28 Å². The van der Waals surface area contributed by atoms with Gasteiger partial charge in [-0.3, -0.25) is 0 Å². The summed E-state index contributed by atoms with van der Waals surface area (Å²) in [7, 11) is 2.08. The van der Waals surface area contributed by atoms with Crippen LogP contribution in [0.4, 0.5) is 5.82 Å². The van der Waals surface area contributed by atoms with E-state index in [0.29, 0.717) is 0 Å². The van der Waals surface area contributed by atoms with E-state index in [9.17, 15) is 0 Å². The Labute approximate surface area is 99.6 Å². The van der Waals surface area contributed by atoms with Crippen molar-refractivity contribution in [2.75, 3.05) is 18.6 Å². The van der Waals surface area contributed by atoms with Crippen molar-refractivity contribution in [2.45, 2.75) is 31.2 Å².